The summed E-state index contributed by atoms with van der Waals surface area (Å²) in [5, 5.41) is 2.88. The quantitative estimate of drug-likeness (QED) is 0.469. The Kier molecular flexibility index (Phi) is 2.91. The van der Waals surface area contributed by atoms with E-state index in [1.807, 2.05) is 48.7 Å². The molecule has 3 nitrogen and oxygen atoms in total. The molecule has 0 bridgehead atoms. The summed E-state index contributed by atoms with van der Waals surface area (Å²) in [5.41, 5.74) is 4.09. The summed E-state index contributed by atoms with van der Waals surface area (Å²) in [5.74, 6) is 0.810. The van der Waals surface area contributed by atoms with Gasteiger partial charge >= 0.3 is 0 Å². The first-order valence-corrected chi connectivity index (χ1v) is 8.16. The summed E-state index contributed by atoms with van der Waals surface area (Å²) < 4.78 is 8.02. The van der Waals surface area contributed by atoms with Crippen LogP contribution in [0.5, 0.6) is 0 Å². The Hall–Kier alpha value is -2.78. The van der Waals surface area contributed by atoms with Crippen molar-refractivity contribution in [2.75, 3.05) is 0 Å². The molecule has 3 heterocycles. The molecule has 0 atom stereocenters. The van der Waals surface area contributed by atoms with Crippen LogP contribution in [0.2, 0.25) is 5.02 Å². The lowest BCUT2D eigenvalue weighted by molar-refractivity contribution is 0.562. The maximum atomic E-state index is 6.21. The number of aromatic nitrogens is 1. The molecule has 24 heavy (non-hydrogen) atoms. The van der Waals surface area contributed by atoms with Crippen LogP contribution in [0.3, 0.4) is 0 Å². The zero-order chi connectivity index (χ0) is 16.1. The molecular weight excluding hydrogens is 320 g/mol. The van der Waals surface area contributed by atoms with E-state index in [1.165, 1.54) is 0 Å². The largest absolute Gasteiger partial charge is 0.461 e. The van der Waals surface area contributed by atoms with Crippen molar-refractivity contribution >= 4 is 28.1 Å². The minimum absolute atomic E-state index is 0.596. The number of benzene rings is 2. The van der Waals surface area contributed by atoms with Crippen LogP contribution in [-0.2, 0) is 6.54 Å². The third-order valence-corrected chi connectivity index (χ3v) is 4.67. The summed E-state index contributed by atoms with van der Waals surface area (Å²) >= 11 is 6.21. The minimum Gasteiger partial charge on any atom is -0.461 e. The third-order valence-electron chi connectivity index (χ3n) is 4.43. The lowest BCUT2D eigenvalue weighted by Crippen LogP contribution is -2.07. The number of fused-ring (bicyclic) bond motifs is 4. The van der Waals surface area contributed by atoms with Crippen LogP contribution in [0.25, 0.3) is 16.5 Å². The number of hydrogen-bond acceptors (Lipinski definition) is 2. The maximum absolute atomic E-state index is 6.21. The van der Waals surface area contributed by atoms with Crippen LogP contribution in [0, 0.1) is 0 Å². The van der Waals surface area contributed by atoms with Gasteiger partial charge in [0.05, 0.1) is 24.2 Å². The number of halogens is 1. The maximum Gasteiger partial charge on any atom is 0.161 e. The Morgan fingerprint density at radius 3 is 2.92 bits per heavy atom. The second-order valence-electron chi connectivity index (χ2n) is 5.85. The van der Waals surface area contributed by atoms with Crippen molar-refractivity contribution in [3.05, 3.63) is 89.1 Å². The van der Waals surface area contributed by atoms with Gasteiger partial charge in [-0.3, -0.25) is 4.99 Å². The normalized spacial score (nSPS) is 13.3. The fourth-order valence-corrected chi connectivity index (χ4v) is 3.45. The lowest BCUT2D eigenvalue weighted by atomic mass is 10.1. The number of aliphatic imine (C=N–C) groups is 1. The van der Waals surface area contributed by atoms with Crippen molar-refractivity contribution in [2.45, 2.75) is 6.54 Å². The molecule has 0 fully saturated rings. The molecule has 0 amide bonds. The Morgan fingerprint density at radius 2 is 1.96 bits per heavy atom. The summed E-state index contributed by atoms with van der Waals surface area (Å²) in [6.45, 7) is 0.596. The van der Waals surface area contributed by atoms with E-state index in [9.17, 15) is 0 Å². The van der Waals surface area contributed by atoms with Crippen molar-refractivity contribution in [1.29, 1.82) is 0 Å². The summed E-state index contributed by atoms with van der Waals surface area (Å²) in [4.78, 5) is 4.86. The topological polar surface area (TPSA) is 30.4 Å². The van der Waals surface area contributed by atoms with Crippen LogP contribution in [-0.4, -0.2) is 10.3 Å². The molecule has 0 saturated heterocycles. The molecule has 0 radical (unpaired) electrons. The van der Waals surface area contributed by atoms with Crippen LogP contribution in [0.1, 0.15) is 17.0 Å². The Labute approximate surface area is 143 Å². The van der Waals surface area contributed by atoms with Crippen molar-refractivity contribution in [3.63, 3.8) is 0 Å². The monoisotopic (exact) mass is 332 g/mol. The van der Waals surface area contributed by atoms with Gasteiger partial charge in [-0.2, -0.15) is 0 Å². The number of hydrogen-bond donors (Lipinski definition) is 0. The molecule has 116 valence electrons. The van der Waals surface area contributed by atoms with Crippen molar-refractivity contribution in [2.24, 2.45) is 4.99 Å². The predicted molar refractivity (Wildman–Crippen MR) is 96.3 cm³/mol. The van der Waals surface area contributed by atoms with E-state index in [0.29, 0.717) is 6.54 Å². The lowest BCUT2D eigenvalue weighted by Gasteiger charge is -2.10. The molecule has 0 spiro atoms. The molecule has 0 unspecified atom stereocenters. The van der Waals surface area contributed by atoms with Gasteiger partial charge < -0.3 is 8.98 Å². The highest BCUT2D eigenvalue weighted by molar-refractivity contribution is 6.30. The van der Waals surface area contributed by atoms with Crippen molar-refractivity contribution in [3.8, 4) is 5.69 Å². The van der Waals surface area contributed by atoms with Gasteiger partial charge in [-0.1, -0.05) is 41.9 Å². The third kappa shape index (κ3) is 1.95. The van der Waals surface area contributed by atoms with Gasteiger partial charge in [0.15, 0.2) is 5.76 Å². The standard InChI is InChI=1S/C20H13ClN2O/c21-15-8-7-13-11-22-19(17-6-3-9-23(17)18(13)10-15)20-16-5-2-1-4-14(16)12-24-20/h1-10,12H,11H2. The Balaban J connectivity index is 1.77. The first-order chi connectivity index (χ1) is 11.8. The van der Waals surface area contributed by atoms with Gasteiger partial charge in [0.2, 0.25) is 0 Å². The van der Waals surface area contributed by atoms with E-state index >= 15 is 0 Å². The van der Waals surface area contributed by atoms with E-state index in [2.05, 4.69) is 16.7 Å². The number of furan rings is 1. The summed E-state index contributed by atoms with van der Waals surface area (Å²) in [6.07, 6.45) is 3.83. The molecule has 4 heteroatoms. The average molecular weight is 333 g/mol. The molecule has 2 aromatic carbocycles. The molecule has 2 aromatic heterocycles. The highest BCUT2D eigenvalue weighted by Gasteiger charge is 2.22. The predicted octanol–water partition coefficient (Wildman–Crippen LogP) is 5.23. The van der Waals surface area contributed by atoms with Gasteiger partial charge in [-0.15, -0.1) is 0 Å². The minimum atomic E-state index is 0.596. The zero-order valence-corrected chi connectivity index (χ0v) is 13.5. The zero-order valence-electron chi connectivity index (χ0n) is 12.7. The first-order valence-electron chi connectivity index (χ1n) is 7.79. The SMILES string of the molecule is Clc1ccc2c(c1)-n1cccc1C(c1occ3ccccc13)=NC2. The molecule has 0 N–H and O–H groups in total. The molecule has 0 aliphatic carbocycles. The van der Waals surface area contributed by atoms with E-state index in [1.54, 1.807) is 6.26 Å². The smallest absolute Gasteiger partial charge is 0.161 e. The highest BCUT2D eigenvalue weighted by Crippen LogP contribution is 2.30. The fourth-order valence-electron chi connectivity index (χ4n) is 3.29. The van der Waals surface area contributed by atoms with Gasteiger partial charge in [0, 0.05) is 22.0 Å². The molecule has 4 aromatic rings. The van der Waals surface area contributed by atoms with Crippen LogP contribution in [0.15, 0.2) is 76.5 Å². The fraction of sp³-hybridized carbons (Fsp3) is 0.0500. The molecular formula is C20H13ClN2O. The molecule has 5 rings (SSSR count). The van der Waals surface area contributed by atoms with Gasteiger partial charge in [0.25, 0.3) is 0 Å². The molecule has 1 aliphatic rings. The highest BCUT2D eigenvalue weighted by atomic mass is 35.5. The van der Waals surface area contributed by atoms with E-state index in [0.717, 1.165) is 44.2 Å². The van der Waals surface area contributed by atoms with E-state index in [-0.39, 0.29) is 0 Å². The summed E-state index contributed by atoms with van der Waals surface area (Å²) in [7, 11) is 0. The Bertz CT molecular complexity index is 1100. The Morgan fingerprint density at radius 1 is 1.04 bits per heavy atom. The number of nitrogens with zero attached hydrogens (tertiary/aromatic N) is 2. The first kappa shape index (κ1) is 13.6. The van der Waals surface area contributed by atoms with Gasteiger partial charge in [-0.25, -0.2) is 0 Å². The second kappa shape index (κ2) is 5.11. The second-order valence-corrected chi connectivity index (χ2v) is 6.29. The van der Waals surface area contributed by atoms with E-state index in [4.69, 9.17) is 21.0 Å². The van der Waals surface area contributed by atoms with Crippen LogP contribution >= 0.6 is 11.6 Å². The van der Waals surface area contributed by atoms with Crippen molar-refractivity contribution < 1.29 is 4.42 Å². The summed E-state index contributed by atoms with van der Waals surface area (Å²) in [6, 6.07) is 18.2. The molecule has 1 aliphatic heterocycles. The average Bonchev–Trinajstić information content (AvgIpc) is 3.21. The van der Waals surface area contributed by atoms with Crippen LogP contribution < -0.4 is 0 Å². The van der Waals surface area contributed by atoms with Crippen molar-refractivity contribution in [1.82, 2.24) is 4.57 Å². The number of rotatable bonds is 1. The van der Waals surface area contributed by atoms with Gasteiger partial charge in [0.1, 0.15) is 5.71 Å². The van der Waals surface area contributed by atoms with Gasteiger partial charge in [-0.05, 0) is 29.8 Å². The molecule has 0 saturated carbocycles. The van der Waals surface area contributed by atoms with E-state index < -0.39 is 0 Å². The van der Waals surface area contributed by atoms with Crippen LogP contribution in [0.4, 0.5) is 0 Å².